The number of carbonyl (C=O) groups is 2. The SMILES string of the molecule is COC(=O)C1=C(C)NC2=C(C(=O)c3ccccc32)[C@H]1c1cc(C)n(-c2cc(C)cc(C)c2)c1C. The topological polar surface area (TPSA) is 60.3 Å². The van der Waals surface area contributed by atoms with E-state index >= 15 is 0 Å². The zero-order chi connectivity index (χ0) is 24.3. The molecule has 1 aliphatic carbocycles. The van der Waals surface area contributed by atoms with Crippen LogP contribution in [0.25, 0.3) is 11.4 Å². The minimum absolute atomic E-state index is 0.0480. The summed E-state index contributed by atoms with van der Waals surface area (Å²) in [4.78, 5) is 26.7. The van der Waals surface area contributed by atoms with Gasteiger partial charge in [0, 0.05) is 39.5 Å². The number of nitrogens with zero attached hydrogens (tertiary/aromatic N) is 1. The molecule has 1 atom stereocenters. The van der Waals surface area contributed by atoms with Gasteiger partial charge in [0.15, 0.2) is 5.78 Å². The molecule has 2 heterocycles. The van der Waals surface area contributed by atoms with Crippen LogP contribution in [0.15, 0.2) is 65.4 Å². The van der Waals surface area contributed by atoms with Crippen LogP contribution in [0.1, 0.15) is 56.8 Å². The third-order valence-electron chi connectivity index (χ3n) is 6.90. The zero-order valence-corrected chi connectivity index (χ0v) is 20.4. The van der Waals surface area contributed by atoms with E-state index in [1.54, 1.807) is 0 Å². The first-order valence-corrected chi connectivity index (χ1v) is 11.4. The van der Waals surface area contributed by atoms with Gasteiger partial charge in [-0.15, -0.1) is 0 Å². The number of aromatic nitrogens is 1. The van der Waals surface area contributed by atoms with Crippen LogP contribution in [0.4, 0.5) is 0 Å². The van der Waals surface area contributed by atoms with Crippen molar-refractivity contribution in [3.8, 4) is 5.69 Å². The first-order chi connectivity index (χ1) is 16.2. The number of hydrogen-bond donors (Lipinski definition) is 1. The first kappa shape index (κ1) is 22.0. The third kappa shape index (κ3) is 3.15. The Labute approximate surface area is 199 Å². The van der Waals surface area contributed by atoms with Crippen molar-refractivity contribution < 1.29 is 14.3 Å². The summed E-state index contributed by atoms with van der Waals surface area (Å²) < 4.78 is 7.39. The minimum Gasteiger partial charge on any atom is -0.466 e. The number of rotatable bonds is 3. The molecule has 172 valence electrons. The van der Waals surface area contributed by atoms with Crippen molar-refractivity contribution in [2.75, 3.05) is 7.11 Å². The number of ether oxygens (including phenoxy) is 1. The van der Waals surface area contributed by atoms with E-state index in [1.165, 1.54) is 18.2 Å². The summed E-state index contributed by atoms with van der Waals surface area (Å²) in [6, 6.07) is 16.2. The molecule has 0 saturated heterocycles. The number of dihydropyridines is 1. The Morgan fingerprint density at radius 3 is 2.24 bits per heavy atom. The molecule has 34 heavy (non-hydrogen) atoms. The number of benzene rings is 2. The lowest BCUT2D eigenvalue weighted by Crippen LogP contribution is -2.29. The monoisotopic (exact) mass is 452 g/mol. The Kier molecular flexibility index (Phi) is 5.08. The highest BCUT2D eigenvalue weighted by atomic mass is 16.5. The Bertz CT molecular complexity index is 1430. The fourth-order valence-corrected chi connectivity index (χ4v) is 5.58. The van der Waals surface area contributed by atoms with Gasteiger partial charge in [0.2, 0.25) is 0 Å². The molecule has 1 N–H and O–H groups in total. The van der Waals surface area contributed by atoms with Gasteiger partial charge < -0.3 is 14.6 Å². The number of nitrogens with one attached hydrogen (secondary N) is 1. The Balaban J connectivity index is 1.76. The molecule has 0 fully saturated rings. The maximum absolute atomic E-state index is 13.7. The fraction of sp³-hybridized carbons (Fsp3) is 0.241. The molecular formula is C29H28N2O3. The summed E-state index contributed by atoms with van der Waals surface area (Å²) in [6.45, 7) is 10.2. The number of hydrogen-bond acceptors (Lipinski definition) is 4. The van der Waals surface area contributed by atoms with E-state index in [-0.39, 0.29) is 5.78 Å². The van der Waals surface area contributed by atoms with Crippen LogP contribution in [0.5, 0.6) is 0 Å². The van der Waals surface area contributed by atoms with Crippen molar-refractivity contribution >= 4 is 17.4 Å². The molecule has 0 bridgehead atoms. The number of ketones is 1. The summed E-state index contributed by atoms with van der Waals surface area (Å²) in [6.07, 6.45) is 0. The molecule has 0 spiro atoms. The maximum Gasteiger partial charge on any atom is 0.336 e. The number of esters is 1. The molecule has 2 aliphatic rings. The molecule has 3 aromatic rings. The van der Waals surface area contributed by atoms with Gasteiger partial charge in [-0.25, -0.2) is 4.79 Å². The molecule has 1 aliphatic heterocycles. The van der Waals surface area contributed by atoms with Gasteiger partial charge in [-0.1, -0.05) is 30.3 Å². The van der Waals surface area contributed by atoms with Crippen molar-refractivity contribution in [1.82, 2.24) is 9.88 Å². The number of allylic oxidation sites excluding steroid dienone is 2. The zero-order valence-electron chi connectivity index (χ0n) is 20.4. The normalized spacial score (nSPS) is 17.0. The van der Waals surface area contributed by atoms with Crippen LogP contribution in [0.3, 0.4) is 0 Å². The van der Waals surface area contributed by atoms with Crippen molar-refractivity contribution in [2.24, 2.45) is 0 Å². The third-order valence-corrected chi connectivity index (χ3v) is 6.90. The highest BCUT2D eigenvalue weighted by Crippen LogP contribution is 2.48. The maximum atomic E-state index is 13.7. The highest BCUT2D eigenvalue weighted by molar-refractivity contribution is 6.23. The average Bonchev–Trinajstić information content (AvgIpc) is 3.24. The van der Waals surface area contributed by atoms with Gasteiger partial charge in [0.1, 0.15) is 0 Å². The van der Waals surface area contributed by atoms with E-state index in [0.29, 0.717) is 22.4 Å². The highest BCUT2D eigenvalue weighted by Gasteiger charge is 2.43. The summed E-state index contributed by atoms with van der Waals surface area (Å²) in [7, 11) is 1.38. The van der Waals surface area contributed by atoms with Crippen molar-refractivity contribution in [1.29, 1.82) is 0 Å². The first-order valence-electron chi connectivity index (χ1n) is 11.4. The number of fused-ring (bicyclic) bond motifs is 2. The predicted molar refractivity (Wildman–Crippen MR) is 133 cm³/mol. The lowest BCUT2D eigenvalue weighted by atomic mass is 9.79. The van der Waals surface area contributed by atoms with E-state index in [1.807, 2.05) is 31.2 Å². The minimum atomic E-state index is -0.519. The van der Waals surface area contributed by atoms with Crippen LogP contribution in [0.2, 0.25) is 0 Å². The van der Waals surface area contributed by atoms with E-state index in [2.05, 4.69) is 61.8 Å². The molecule has 0 saturated carbocycles. The Morgan fingerprint density at radius 1 is 0.941 bits per heavy atom. The Morgan fingerprint density at radius 2 is 1.59 bits per heavy atom. The van der Waals surface area contributed by atoms with Crippen LogP contribution in [-0.4, -0.2) is 23.4 Å². The van der Waals surface area contributed by atoms with Crippen molar-refractivity contribution in [3.63, 3.8) is 0 Å². The van der Waals surface area contributed by atoms with Gasteiger partial charge >= 0.3 is 5.97 Å². The summed E-state index contributed by atoms with van der Waals surface area (Å²) in [5.41, 5.74) is 10.5. The molecule has 5 rings (SSSR count). The van der Waals surface area contributed by atoms with Crippen molar-refractivity contribution in [3.05, 3.63) is 105 Å². The molecule has 5 nitrogen and oxygen atoms in total. The van der Waals surface area contributed by atoms with Crippen LogP contribution < -0.4 is 5.32 Å². The quantitative estimate of drug-likeness (QED) is 0.537. The second kappa shape index (κ2) is 7.87. The van der Waals surface area contributed by atoms with Gasteiger partial charge in [-0.05, 0) is 69.5 Å². The lowest BCUT2D eigenvalue weighted by Gasteiger charge is -2.29. The smallest absolute Gasteiger partial charge is 0.336 e. The van der Waals surface area contributed by atoms with E-state index in [0.717, 1.165) is 33.9 Å². The number of Topliss-reactive ketones (excluding diaryl/α,β-unsaturated/α-hetero) is 1. The predicted octanol–water partition coefficient (Wildman–Crippen LogP) is 5.45. The fourth-order valence-electron chi connectivity index (χ4n) is 5.58. The van der Waals surface area contributed by atoms with Crippen LogP contribution >= 0.6 is 0 Å². The van der Waals surface area contributed by atoms with E-state index in [4.69, 9.17) is 4.74 Å². The molecule has 0 amide bonds. The lowest BCUT2D eigenvalue weighted by molar-refractivity contribution is -0.136. The van der Waals surface area contributed by atoms with E-state index < -0.39 is 11.9 Å². The molecule has 2 aromatic carbocycles. The van der Waals surface area contributed by atoms with E-state index in [9.17, 15) is 9.59 Å². The molecule has 5 heteroatoms. The number of carbonyl (C=O) groups excluding carboxylic acids is 2. The van der Waals surface area contributed by atoms with Crippen LogP contribution in [-0.2, 0) is 9.53 Å². The van der Waals surface area contributed by atoms with Gasteiger partial charge in [-0.3, -0.25) is 4.79 Å². The average molecular weight is 453 g/mol. The van der Waals surface area contributed by atoms with Crippen LogP contribution in [0, 0.1) is 27.7 Å². The molecular weight excluding hydrogens is 424 g/mol. The van der Waals surface area contributed by atoms with Crippen molar-refractivity contribution in [2.45, 2.75) is 40.5 Å². The molecule has 0 unspecified atom stereocenters. The summed E-state index contributed by atoms with van der Waals surface area (Å²) in [5.74, 6) is -0.996. The standard InChI is InChI=1S/C29H28N2O3/c1-15-11-16(2)13-20(12-15)31-17(3)14-23(19(31)5)25-24(29(33)34-6)18(4)30-27-21-9-7-8-10-22(21)28(32)26(25)27/h7-14,25,30H,1-6H3/t25-/m0/s1. The Hall–Kier alpha value is -3.86. The summed E-state index contributed by atoms with van der Waals surface area (Å²) >= 11 is 0. The van der Waals surface area contributed by atoms with Gasteiger partial charge in [0.25, 0.3) is 0 Å². The molecule has 1 aromatic heterocycles. The number of aryl methyl sites for hydroxylation is 3. The second-order valence-corrected chi connectivity index (χ2v) is 9.26. The van der Waals surface area contributed by atoms with Gasteiger partial charge in [0.05, 0.1) is 24.3 Å². The number of methoxy groups -OCH3 is 1. The summed E-state index contributed by atoms with van der Waals surface area (Å²) in [5, 5.41) is 3.35. The van der Waals surface area contributed by atoms with Gasteiger partial charge in [-0.2, -0.15) is 0 Å². The second-order valence-electron chi connectivity index (χ2n) is 9.26. The largest absolute Gasteiger partial charge is 0.466 e. The molecule has 0 radical (unpaired) electrons.